The number of fused-ring (bicyclic) bond motifs is 1. The molecule has 2 fully saturated rings. The zero-order chi connectivity index (χ0) is 22.2. The van der Waals surface area contributed by atoms with E-state index in [0.29, 0.717) is 12.1 Å². The number of carbonyl (C=O) groups is 3. The summed E-state index contributed by atoms with van der Waals surface area (Å²) in [4.78, 5) is 41.2. The molecule has 2 aromatic carbocycles. The van der Waals surface area contributed by atoms with E-state index in [1.54, 1.807) is 0 Å². The number of allylic oxidation sites excluding steroid dienone is 2. The molecule has 3 aliphatic carbocycles. The Morgan fingerprint density at radius 2 is 1.53 bits per heavy atom. The molecule has 0 spiro atoms. The van der Waals surface area contributed by atoms with Crippen molar-refractivity contribution in [3.63, 3.8) is 0 Å². The summed E-state index contributed by atoms with van der Waals surface area (Å²) in [6.45, 7) is 1.91. The molecule has 1 saturated carbocycles. The van der Waals surface area contributed by atoms with Gasteiger partial charge in [0.05, 0.1) is 11.8 Å². The van der Waals surface area contributed by atoms with Crippen molar-refractivity contribution in [3.05, 3.63) is 77.9 Å². The molecule has 6 heteroatoms. The Labute approximate surface area is 187 Å². The SMILES string of the molecule is Cc1ccccc1NC(=O)N[C@H](Cc1ccccc1)N1C(=O)[C@H]2[C@H](C1=O)[C@H]1C=C[C@H]2CC1. The van der Waals surface area contributed by atoms with Crippen LogP contribution in [0.3, 0.4) is 0 Å². The van der Waals surface area contributed by atoms with Gasteiger partial charge in [-0.3, -0.25) is 14.5 Å². The second-order valence-electron chi connectivity index (χ2n) is 9.01. The van der Waals surface area contributed by atoms with Crippen LogP contribution in [0.1, 0.15) is 24.0 Å². The van der Waals surface area contributed by atoms with Crippen LogP contribution in [-0.4, -0.2) is 28.9 Å². The first-order valence-corrected chi connectivity index (χ1v) is 11.3. The van der Waals surface area contributed by atoms with Gasteiger partial charge < -0.3 is 10.6 Å². The fourth-order valence-corrected chi connectivity index (χ4v) is 5.47. The van der Waals surface area contributed by atoms with E-state index in [4.69, 9.17) is 0 Å². The minimum atomic E-state index is -0.744. The van der Waals surface area contributed by atoms with Crippen molar-refractivity contribution in [3.8, 4) is 0 Å². The average Bonchev–Trinajstić information content (AvgIpc) is 3.09. The van der Waals surface area contributed by atoms with Crippen molar-refractivity contribution in [2.75, 3.05) is 5.32 Å². The molecular formula is C26H27N3O3. The molecule has 0 unspecified atom stereocenters. The highest BCUT2D eigenvalue weighted by molar-refractivity contribution is 6.06. The molecule has 6 nitrogen and oxygen atoms in total. The lowest BCUT2D eigenvalue weighted by Gasteiger charge is -2.38. The van der Waals surface area contributed by atoms with Crippen molar-refractivity contribution < 1.29 is 14.4 Å². The van der Waals surface area contributed by atoms with Crippen molar-refractivity contribution in [2.24, 2.45) is 23.7 Å². The molecular weight excluding hydrogens is 402 g/mol. The predicted molar refractivity (Wildman–Crippen MR) is 121 cm³/mol. The number of imide groups is 1. The number of para-hydroxylation sites is 1. The molecule has 2 N–H and O–H groups in total. The van der Waals surface area contributed by atoms with Crippen LogP contribution in [0.25, 0.3) is 0 Å². The summed E-state index contributed by atoms with van der Waals surface area (Å²) in [6.07, 6.45) is 5.72. The zero-order valence-electron chi connectivity index (χ0n) is 18.0. The number of likely N-dealkylation sites (tertiary alicyclic amines) is 1. The van der Waals surface area contributed by atoms with E-state index in [1.807, 2.05) is 61.5 Å². The fourth-order valence-electron chi connectivity index (χ4n) is 5.47. The maximum Gasteiger partial charge on any atom is 0.320 e. The molecule has 1 saturated heterocycles. The van der Waals surface area contributed by atoms with Gasteiger partial charge >= 0.3 is 6.03 Å². The van der Waals surface area contributed by atoms with E-state index >= 15 is 0 Å². The second-order valence-corrected chi connectivity index (χ2v) is 9.01. The topological polar surface area (TPSA) is 78.5 Å². The van der Waals surface area contributed by atoms with Gasteiger partial charge in [0, 0.05) is 12.1 Å². The first-order chi connectivity index (χ1) is 15.5. The highest BCUT2D eigenvalue weighted by Gasteiger charge is 2.58. The normalized spacial score (nSPS) is 26.7. The highest BCUT2D eigenvalue weighted by Crippen LogP contribution is 2.50. The lowest BCUT2D eigenvalue weighted by molar-refractivity contribution is -0.143. The fraction of sp³-hybridized carbons (Fsp3) is 0.346. The minimum Gasteiger partial charge on any atom is -0.317 e. The Kier molecular flexibility index (Phi) is 5.29. The van der Waals surface area contributed by atoms with Crippen LogP contribution in [0.4, 0.5) is 10.5 Å². The smallest absolute Gasteiger partial charge is 0.317 e. The van der Waals surface area contributed by atoms with Gasteiger partial charge in [0.2, 0.25) is 11.8 Å². The first-order valence-electron chi connectivity index (χ1n) is 11.3. The van der Waals surface area contributed by atoms with E-state index in [0.717, 1.165) is 24.0 Å². The van der Waals surface area contributed by atoms with Gasteiger partial charge in [0.15, 0.2) is 0 Å². The number of rotatable bonds is 5. The number of aryl methyl sites for hydroxylation is 1. The van der Waals surface area contributed by atoms with Gasteiger partial charge in [-0.1, -0.05) is 60.7 Å². The first kappa shape index (κ1) is 20.5. The molecule has 6 rings (SSSR count). The van der Waals surface area contributed by atoms with Gasteiger partial charge in [-0.15, -0.1) is 0 Å². The molecule has 2 aromatic rings. The number of benzene rings is 2. The number of urea groups is 1. The average molecular weight is 430 g/mol. The Morgan fingerprint density at radius 1 is 0.938 bits per heavy atom. The molecule has 4 aliphatic rings. The van der Waals surface area contributed by atoms with Gasteiger partial charge in [0.1, 0.15) is 6.17 Å². The molecule has 4 amide bonds. The summed E-state index contributed by atoms with van der Waals surface area (Å²) >= 11 is 0. The maximum atomic E-state index is 13.5. The van der Waals surface area contributed by atoms with Crippen LogP contribution in [0, 0.1) is 30.6 Å². The van der Waals surface area contributed by atoms with E-state index in [9.17, 15) is 14.4 Å². The number of hydrogen-bond donors (Lipinski definition) is 2. The molecule has 32 heavy (non-hydrogen) atoms. The summed E-state index contributed by atoms with van der Waals surface area (Å²) in [5, 5.41) is 5.78. The van der Waals surface area contributed by atoms with Gasteiger partial charge in [-0.05, 0) is 48.8 Å². The van der Waals surface area contributed by atoms with Crippen LogP contribution in [0.15, 0.2) is 66.7 Å². The van der Waals surface area contributed by atoms with E-state index in [-0.39, 0.29) is 35.5 Å². The molecule has 0 radical (unpaired) electrons. The van der Waals surface area contributed by atoms with E-state index < -0.39 is 12.2 Å². The van der Waals surface area contributed by atoms with Crippen LogP contribution < -0.4 is 10.6 Å². The number of carbonyl (C=O) groups excluding carboxylic acids is 3. The Bertz CT molecular complexity index is 1050. The zero-order valence-corrected chi connectivity index (χ0v) is 18.0. The second kappa shape index (κ2) is 8.26. The molecule has 1 heterocycles. The summed E-state index contributed by atoms with van der Waals surface area (Å²) in [7, 11) is 0. The van der Waals surface area contributed by atoms with Crippen molar-refractivity contribution in [1.29, 1.82) is 0 Å². The van der Waals surface area contributed by atoms with Gasteiger partial charge in [0.25, 0.3) is 0 Å². The minimum absolute atomic E-state index is 0.115. The van der Waals surface area contributed by atoms with Crippen LogP contribution in [-0.2, 0) is 16.0 Å². The monoisotopic (exact) mass is 429 g/mol. The third-order valence-corrected chi connectivity index (χ3v) is 7.07. The quantitative estimate of drug-likeness (QED) is 0.559. The summed E-state index contributed by atoms with van der Waals surface area (Å²) in [5.41, 5.74) is 2.58. The molecule has 1 aliphatic heterocycles. The van der Waals surface area contributed by atoms with Crippen molar-refractivity contribution in [1.82, 2.24) is 10.2 Å². The van der Waals surface area contributed by atoms with Crippen LogP contribution in [0.2, 0.25) is 0 Å². The van der Waals surface area contributed by atoms with Gasteiger partial charge in [-0.2, -0.15) is 0 Å². The van der Waals surface area contributed by atoms with Crippen LogP contribution >= 0.6 is 0 Å². The van der Waals surface area contributed by atoms with Crippen molar-refractivity contribution >= 4 is 23.5 Å². The van der Waals surface area contributed by atoms with E-state index in [1.165, 1.54) is 4.90 Å². The predicted octanol–water partition coefficient (Wildman–Crippen LogP) is 3.88. The third kappa shape index (κ3) is 3.60. The molecule has 0 aromatic heterocycles. The number of hydrogen-bond acceptors (Lipinski definition) is 3. The summed E-state index contributed by atoms with van der Waals surface area (Å²) in [5.74, 6) is -0.682. The van der Waals surface area contributed by atoms with Crippen molar-refractivity contribution in [2.45, 2.75) is 32.4 Å². The highest BCUT2D eigenvalue weighted by atomic mass is 16.2. The number of anilines is 1. The molecule has 2 bridgehead atoms. The standard InChI is InChI=1S/C26H27N3O3/c1-16-7-5-6-10-20(16)27-26(32)28-21(15-17-8-3-2-4-9-17)29-24(30)22-18-11-12-19(14-13-18)23(22)25(29)31/h2-12,18-19,21-23H,13-15H2,1H3,(H2,27,28,32)/t18-,19-,21-,22+,23+/m0/s1. The lowest BCUT2D eigenvalue weighted by Crippen LogP contribution is -2.53. The number of nitrogens with zero attached hydrogens (tertiary/aromatic N) is 1. The lowest BCUT2D eigenvalue weighted by atomic mass is 9.63. The Hall–Kier alpha value is -3.41. The van der Waals surface area contributed by atoms with Crippen LogP contribution in [0.5, 0.6) is 0 Å². The third-order valence-electron chi connectivity index (χ3n) is 7.07. The largest absolute Gasteiger partial charge is 0.320 e. The summed E-state index contributed by atoms with van der Waals surface area (Å²) < 4.78 is 0. The van der Waals surface area contributed by atoms with Gasteiger partial charge in [-0.25, -0.2) is 4.79 Å². The Balaban J connectivity index is 1.41. The Morgan fingerprint density at radius 3 is 2.12 bits per heavy atom. The summed E-state index contributed by atoms with van der Waals surface area (Å²) in [6, 6.07) is 16.7. The number of nitrogens with one attached hydrogen (secondary N) is 2. The molecule has 5 atom stereocenters. The van der Waals surface area contributed by atoms with E-state index in [2.05, 4.69) is 22.8 Å². The maximum absolute atomic E-state index is 13.5. The molecule has 164 valence electrons. The number of amides is 4.